The van der Waals surface area contributed by atoms with Gasteiger partial charge in [-0.2, -0.15) is 0 Å². The lowest BCUT2D eigenvalue weighted by molar-refractivity contribution is 0.768. The van der Waals surface area contributed by atoms with Crippen LogP contribution in [0.15, 0.2) is 140 Å². The van der Waals surface area contributed by atoms with E-state index in [0.717, 1.165) is 0 Å². The van der Waals surface area contributed by atoms with Crippen molar-refractivity contribution >= 4 is 31.5 Å². The average molecular weight is 515 g/mol. The van der Waals surface area contributed by atoms with Gasteiger partial charge < -0.3 is 0 Å². The second-order valence-corrected chi connectivity index (χ2v) is 11.6. The fraction of sp³-hybridized carbons (Fsp3) is 0.0526. The van der Waals surface area contributed by atoms with Crippen molar-refractivity contribution in [2.24, 2.45) is 0 Å². The third kappa shape index (κ3) is 3.17. The molecule has 8 rings (SSSR count). The third-order valence-corrected chi connectivity index (χ3v) is 9.63. The zero-order chi connectivity index (χ0) is 26.0. The quantitative estimate of drug-likeness (QED) is 0.220. The number of benzene rings is 6. The van der Waals surface area contributed by atoms with E-state index in [1.54, 1.807) is 0 Å². The van der Waals surface area contributed by atoms with Crippen LogP contribution in [0.2, 0.25) is 0 Å². The fourth-order valence-corrected chi connectivity index (χ4v) is 8.02. The molecule has 6 aromatic carbocycles. The monoisotopic (exact) mass is 514 g/mol. The number of rotatable bonds is 3. The first-order valence-electron chi connectivity index (χ1n) is 13.5. The normalized spacial score (nSPS) is 13.5. The SMILES string of the molecule is Cc1cc(-c2ccc(C3(c4ccccc4)c4ccccc4-c4ccccc43)cc2)c2sc3ccccc3c2c1. The minimum Gasteiger partial charge on any atom is -0.135 e. The standard InChI is InChI=1S/C38H26S/c1-25-23-32(37-33(24-25)31-15-7-10-18-36(31)39-37)26-19-21-28(22-20-26)38(27-11-3-2-4-12-27)34-16-8-5-13-29(34)30-14-6-9-17-35(30)38/h2-24H,1H3. The highest BCUT2D eigenvalue weighted by atomic mass is 32.1. The van der Waals surface area contributed by atoms with Crippen molar-refractivity contribution in [3.63, 3.8) is 0 Å². The molecule has 0 saturated carbocycles. The second kappa shape index (κ2) is 8.53. The van der Waals surface area contributed by atoms with Crippen LogP contribution in [0, 0.1) is 6.92 Å². The Morgan fingerprint density at radius 3 is 1.79 bits per heavy atom. The Kier molecular flexibility index (Phi) is 4.92. The van der Waals surface area contributed by atoms with E-state index in [1.807, 2.05) is 11.3 Å². The number of fused-ring (bicyclic) bond motifs is 6. The maximum Gasteiger partial charge on any atom is 0.0713 e. The van der Waals surface area contributed by atoms with Gasteiger partial charge in [-0.1, -0.05) is 121 Å². The van der Waals surface area contributed by atoms with Crippen molar-refractivity contribution < 1.29 is 0 Å². The maximum absolute atomic E-state index is 2.36. The lowest BCUT2D eigenvalue weighted by Crippen LogP contribution is -2.28. The number of aryl methyl sites for hydroxylation is 1. The minimum atomic E-state index is -0.355. The van der Waals surface area contributed by atoms with Gasteiger partial charge in [-0.05, 0) is 75.2 Å². The molecule has 39 heavy (non-hydrogen) atoms. The molecule has 184 valence electrons. The van der Waals surface area contributed by atoms with Gasteiger partial charge in [0.25, 0.3) is 0 Å². The van der Waals surface area contributed by atoms with Gasteiger partial charge in [0.15, 0.2) is 0 Å². The molecule has 0 unspecified atom stereocenters. The molecule has 0 spiro atoms. The van der Waals surface area contributed by atoms with Gasteiger partial charge in [0, 0.05) is 20.2 Å². The summed E-state index contributed by atoms with van der Waals surface area (Å²) in [5.41, 5.74) is 11.5. The number of hydrogen-bond acceptors (Lipinski definition) is 1. The van der Waals surface area contributed by atoms with Crippen LogP contribution in [0.3, 0.4) is 0 Å². The van der Waals surface area contributed by atoms with Crippen LogP contribution in [-0.4, -0.2) is 0 Å². The summed E-state index contributed by atoms with van der Waals surface area (Å²) in [6.07, 6.45) is 0. The first-order valence-corrected chi connectivity index (χ1v) is 14.3. The molecule has 1 heteroatoms. The van der Waals surface area contributed by atoms with Crippen LogP contribution in [0.25, 0.3) is 42.4 Å². The smallest absolute Gasteiger partial charge is 0.0713 e. The summed E-state index contributed by atoms with van der Waals surface area (Å²) >= 11 is 1.90. The Hall–Kier alpha value is -4.46. The molecule has 0 bridgehead atoms. The lowest BCUT2D eigenvalue weighted by Gasteiger charge is -2.34. The summed E-state index contributed by atoms with van der Waals surface area (Å²) in [7, 11) is 0. The van der Waals surface area contributed by atoms with Crippen LogP contribution in [0.4, 0.5) is 0 Å². The van der Waals surface area contributed by atoms with Crippen LogP contribution in [0.5, 0.6) is 0 Å². The molecule has 0 amide bonds. The van der Waals surface area contributed by atoms with Gasteiger partial charge in [-0.25, -0.2) is 0 Å². The number of thiophene rings is 1. The molecule has 0 nitrogen and oxygen atoms in total. The molecule has 0 aliphatic heterocycles. The second-order valence-electron chi connectivity index (χ2n) is 10.6. The highest BCUT2D eigenvalue weighted by molar-refractivity contribution is 7.26. The molecule has 0 atom stereocenters. The van der Waals surface area contributed by atoms with Crippen molar-refractivity contribution in [2.45, 2.75) is 12.3 Å². The fourth-order valence-electron chi connectivity index (χ4n) is 6.80. The zero-order valence-electron chi connectivity index (χ0n) is 21.7. The van der Waals surface area contributed by atoms with E-state index in [-0.39, 0.29) is 5.41 Å². The summed E-state index contributed by atoms with van der Waals surface area (Å²) in [6, 6.07) is 51.7. The molecule has 0 N–H and O–H groups in total. The van der Waals surface area contributed by atoms with Gasteiger partial charge in [0.05, 0.1) is 5.41 Å². The van der Waals surface area contributed by atoms with E-state index in [1.165, 1.54) is 70.2 Å². The topological polar surface area (TPSA) is 0 Å². The summed E-state index contributed by atoms with van der Waals surface area (Å²) in [5, 5.41) is 2.70. The summed E-state index contributed by atoms with van der Waals surface area (Å²) in [6.45, 7) is 2.21. The first kappa shape index (κ1) is 22.5. The van der Waals surface area contributed by atoms with E-state index in [2.05, 4.69) is 146 Å². The highest BCUT2D eigenvalue weighted by Crippen LogP contribution is 2.56. The van der Waals surface area contributed by atoms with Crippen molar-refractivity contribution in [3.8, 4) is 22.3 Å². The highest BCUT2D eigenvalue weighted by Gasteiger charge is 2.45. The van der Waals surface area contributed by atoms with Gasteiger partial charge in [-0.15, -0.1) is 11.3 Å². The molecule has 1 aliphatic carbocycles. The zero-order valence-corrected chi connectivity index (χ0v) is 22.5. The van der Waals surface area contributed by atoms with Gasteiger partial charge in [0.1, 0.15) is 0 Å². The Balaban J connectivity index is 1.37. The van der Waals surface area contributed by atoms with E-state index in [9.17, 15) is 0 Å². The molecule has 1 aliphatic rings. The van der Waals surface area contributed by atoms with Crippen molar-refractivity contribution in [3.05, 3.63) is 167 Å². The van der Waals surface area contributed by atoms with Crippen molar-refractivity contribution in [1.29, 1.82) is 0 Å². The van der Waals surface area contributed by atoms with E-state index in [4.69, 9.17) is 0 Å². The third-order valence-electron chi connectivity index (χ3n) is 8.41. The first-order chi connectivity index (χ1) is 19.2. The summed E-state index contributed by atoms with van der Waals surface area (Å²) < 4.78 is 2.71. The summed E-state index contributed by atoms with van der Waals surface area (Å²) in [4.78, 5) is 0. The van der Waals surface area contributed by atoms with Crippen LogP contribution in [0.1, 0.15) is 27.8 Å². The molecule has 1 aromatic heterocycles. The van der Waals surface area contributed by atoms with Crippen molar-refractivity contribution in [2.75, 3.05) is 0 Å². The summed E-state index contributed by atoms with van der Waals surface area (Å²) in [5.74, 6) is 0. The molecular weight excluding hydrogens is 488 g/mol. The predicted octanol–water partition coefficient (Wildman–Crippen LogP) is 10.4. The number of hydrogen-bond donors (Lipinski definition) is 0. The van der Waals surface area contributed by atoms with Crippen LogP contribution >= 0.6 is 11.3 Å². The van der Waals surface area contributed by atoms with Crippen LogP contribution < -0.4 is 0 Å². The maximum atomic E-state index is 2.36. The molecule has 0 radical (unpaired) electrons. The lowest BCUT2D eigenvalue weighted by atomic mass is 9.67. The Morgan fingerprint density at radius 1 is 0.487 bits per heavy atom. The molecule has 0 saturated heterocycles. The molecule has 7 aromatic rings. The van der Waals surface area contributed by atoms with Gasteiger partial charge in [-0.3, -0.25) is 0 Å². The largest absolute Gasteiger partial charge is 0.135 e. The Labute approximate surface area is 232 Å². The Bertz CT molecular complexity index is 1960. The minimum absolute atomic E-state index is 0.355. The van der Waals surface area contributed by atoms with Gasteiger partial charge in [0.2, 0.25) is 0 Å². The van der Waals surface area contributed by atoms with Crippen molar-refractivity contribution in [1.82, 2.24) is 0 Å². The van der Waals surface area contributed by atoms with Gasteiger partial charge >= 0.3 is 0 Å². The molecular formula is C38H26S. The van der Waals surface area contributed by atoms with Crippen LogP contribution in [-0.2, 0) is 5.41 Å². The van der Waals surface area contributed by atoms with E-state index >= 15 is 0 Å². The molecule has 0 fully saturated rings. The molecule has 1 heterocycles. The Morgan fingerprint density at radius 2 is 1.08 bits per heavy atom. The van der Waals surface area contributed by atoms with E-state index < -0.39 is 0 Å². The van der Waals surface area contributed by atoms with E-state index in [0.29, 0.717) is 0 Å². The predicted molar refractivity (Wildman–Crippen MR) is 167 cm³/mol. The average Bonchev–Trinajstić information content (AvgIpc) is 3.52.